The first-order valence-corrected chi connectivity index (χ1v) is 7.38. The third kappa shape index (κ3) is 5.83. The molecule has 5 heteroatoms. The first kappa shape index (κ1) is 18.8. The summed E-state index contributed by atoms with van der Waals surface area (Å²) in [5.74, 6) is 0.931. The van der Waals surface area contributed by atoms with Crippen molar-refractivity contribution < 1.29 is 9.53 Å². The van der Waals surface area contributed by atoms with Gasteiger partial charge in [-0.25, -0.2) is 0 Å². The second-order valence-electron chi connectivity index (χ2n) is 5.25. The average Bonchev–Trinajstić information content (AvgIpc) is 2.51. The number of benzene rings is 2. The van der Waals surface area contributed by atoms with Crippen LogP contribution in [0, 0.1) is 0 Å². The Morgan fingerprint density at radius 1 is 1.04 bits per heavy atom. The van der Waals surface area contributed by atoms with Crippen molar-refractivity contribution in [2.75, 3.05) is 19.4 Å². The predicted octanol–water partition coefficient (Wildman–Crippen LogP) is 3.29. The number of rotatable bonds is 6. The lowest BCUT2D eigenvalue weighted by molar-refractivity contribution is -0.129. The lowest BCUT2D eigenvalue weighted by Gasteiger charge is -2.17. The fourth-order valence-corrected chi connectivity index (χ4v) is 2.16. The number of carbonyl (C=O) groups is 1. The van der Waals surface area contributed by atoms with Gasteiger partial charge >= 0.3 is 0 Å². The van der Waals surface area contributed by atoms with Crippen molar-refractivity contribution in [2.45, 2.75) is 19.9 Å². The molecule has 0 heterocycles. The Bertz CT molecular complexity index is 612. The van der Waals surface area contributed by atoms with Gasteiger partial charge in [0.05, 0.1) is 13.0 Å². The van der Waals surface area contributed by atoms with E-state index >= 15 is 0 Å². The van der Waals surface area contributed by atoms with Gasteiger partial charge in [0.2, 0.25) is 5.91 Å². The molecule has 0 saturated carbocycles. The van der Waals surface area contributed by atoms with Gasteiger partial charge in [-0.1, -0.05) is 24.3 Å². The first-order chi connectivity index (χ1) is 10.6. The Balaban J connectivity index is 0.00000264. The van der Waals surface area contributed by atoms with Crippen LogP contribution in [0.5, 0.6) is 5.75 Å². The molecule has 2 N–H and O–H groups in total. The smallest absolute Gasteiger partial charge is 0.227 e. The van der Waals surface area contributed by atoms with Crippen LogP contribution in [0.3, 0.4) is 0 Å². The third-order valence-electron chi connectivity index (χ3n) is 3.41. The van der Waals surface area contributed by atoms with Crippen LogP contribution in [-0.4, -0.2) is 24.5 Å². The van der Waals surface area contributed by atoms with E-state index in [0.29, 0.717) is 25.3 Å². The number of anilines is 1. The highest BCUT2D eigenvalue weighted by molar-refractivity contribution is 5.85. The van der Waals surface area contributed by atoms with Crippen LogP contribution < -0.4 is 10.5 Å². The molecule has 0 aliphatic rings. The zero-order valence-corrected chi connectivity index (χ0v) is 14.3. The molecule has 0 radical (unpaired) electrons. The van der Waals surface area contributed by atoms with Crippen LogP contribution >= 0.6 is 12.4 Å². The SMILES string of the molecule is CCOc1ccc(CN(C)C(=O)Cc2ccc(N)cc2)cc1.Cl. The fourth-order valence-electron chi connectivity index (χ4n) is 2.16. The van der Waals surface area contributed by atoms with Crippen LogP contribution in [0.2, 0.25) is 0 Å². The number of halogens is 1. The normalized spacial score (nSPS) is 9.83. The molecule has 0 fully saturated rings. The molecule has 124 valence electrons. The molecule has 0 aliphatic carbocycles. The number of likely N-dealkylation sites (N-methyl/N-ethyl adjacent to an activating group) is 1. The third-order valence-corrected chi connectivity index (χ3v) is 3.41. The highest BCUT2D eigenvalue weighted by Gasteiger charge is 2.10. The van der Waals surface area contributed by atoms with Crippen molar-refractivity contribution in [3.63, 3.8) is 0 Å². The molecule has 0 atom stereocenters. The molecule has 0 unspecified atom stereocenters. The number of carbonyl (C=O) groups excluding carboxylic acids is 1. The number of nitrogen functional groups attached to an aromatic ring is 1. The van der Waals surface area contributed by atoms with E-state index in [4.69, 9.17) is 10.5 Å². The van der Waals surface area contributed by atoms with Crippen molar-refractivity contribution in [1.29, 1.82) is 0 Å². The molecule has 0 bridgehead atoms. The van der Waals surface area contributed by atoms with E-state index in [1.54, 1.807) is 4.90 Å². The molecule has 4 nitrogen and oxygen atoms in total. The maximum atomic E-state index is 12.2. The summed E-state index contributed by atoms with van der Waals surface area (Å²) in [6.07, 6.45) is 0.383. The summed E-state index contributed by atoms with van der Waals surface area (Å²) >= 11 is 0. The van der Waals surface area contributed by atoms with Gasteiger partial charge in [0.1, 0.15) is 5.75 Å². The van der Waals surface area contributed by atoms with Gasteiger partial charge in [-0.3, -0.25) is 4.79 Å². The molecule has 23 heavy (non-hydrogen) atoms. The summed E-state index contributed by atoms with van der Waals surface area (Å²) in [6.45, 7) is 3.19. The monoisotopic (exact) mass is 334 g/mol. The molecule has 1 amide bonds. The molecular formula is C18H23ClN2O2. The molecule has 2 aromatic carbocycles. The Morgan fingerprint density at radius 2 is 1.61 bits per heavy atom. The van der Waals surface area contributed by atoms with Gasteiger partial charge in [-0.05, 0) is 42.3 Å². The van der Waals surface area contributed by atoms with E-state index in [-0.39, 0.29) is 18.3 Å². The highest BCUT2D eigenvalue weighted by atomic mass is 35.5. The van der Waals surface area contributed by atoms with Crippen molar-refractivity contribution >= 4 is 24.0 Å². The summed E-state index contributed by atoms with van der Waals surface area (Å²) in [5, 5.41) is 0. The topological polar surface area (TPSA) is 55.6 Å². The van der Waals surface area contributed by atoms with Crippen molar-refractivity contribution in [3.8, 4) is 5.75 Å². The molecule has 0 saturated heterocycles. The van der Waals surface area contributed by atoms with Crippen molar-refractivity contribution in [3.05, 3.63) is 59.7 Å². The maximum absolute atomic E-state index is 12.2. The summed E-state index contributed by atoms with van der Waals surface area (Å²) < 4.78 is 5.41. The quantitative estimate of drug-likeness (QED) is 0.825. The number of nitrogens with zero attached hydrogens (tertiary/aromatic N) is 1. The predicted molar refractivity (Wildman–Crippen MR) is 95.9 cm³/mol. The van der Waals surface area contributed by atoms with Crippen LogP contribution in [0.1, 0.15) is 18.1 Å². The Labute approximate surface area is 143 Å². The molecule has 2 aromatic rings. The van der Waals surface area contributed by atoms with E-state index in [1.807, 2.05) is 62.5 Å². The van der Waals surface area contributed by atoms with E-state index in [0.717, 1.165) is 16.9 Å². The number of amides is 1. The standard InChI is InChI=1S/C18H22N2O2.ClH/c1-3-22-17-10-6-15(7-11-17)13-20(2)18(21)12-14-4-8-16(19)9-5-14;/h4-11H,3,12-13,19H2,1-2H3;1H. The summed E-state index contributed by atoms with van der Waals surface area (Å²) in [7, 11) is 1.82. The minimum absolute atomic E-state index is 0. The zero-order valence-electron chi connectivity index (χ0n) is 13.5. The van der Waals surface area contributed by atoms with Crippen molar-refractivity contribution in [2.24, 2.45) is 0 Å². The largest absolute Gasteiger partial charge is 0.494 e. The average molecular weight is 335 g/mol. The van der Waals surface area contributed by atoms with E-state index in [2.05, 4.69) is 0 Å². The van der Waals surface area contributed by atoms with Gasteiger partial charge in [0, 0.05) is 19.3 Å². The van der Waals surface area contributed by atoms with Gasteiger partial charge < -0.3 is 15.4 Å². The second-order valence-corrected chi connectivity index (χ2v) is 5.25. The molecule has 0 aliphatic heterocycles. The first-order valence-electron chi connectivity index (χ1n) is 7.38. The lowest BCUT2D eigenvalue weighted by Crippen LogP contribution is -2.27. The van der Waals surface area contributed by atoms with Crippen LogP contribution in [0.25, 0.3) is 0 Å². The van der Waals surface area contributed by atoms with Crippen LogP contribution in [0.4, 0.5) is 5.69 Å². The fraction of sp³-hybridized carbons (Fsp3) is 0.278. The van der Waals surface area contributed by atoms with E-state index in [1.165, 1.54) is 0 Å². The van der Waals surface area contributed by atoms with Crippen LogP contribution in [0.15, 0.2) is 48.5 Å². The highest BCUT2D eigenvalue weighted by Crippen LogP contribution is 2.14. The maximum Gasteiger partial charge on any atom is 0.227 e. The minimum atomic E-state index is 0. The van der Waals surface area contributed by atoms with E-state index < -0.39 is 0 Å². The Morgan fingerprint density at radius 3 is 2.17 bits per heavy atom. The summed E-state index contributed by atoms with van der Waals surface area (Å²) in [4.78, 5) is 14.0. The molecule has 2 rings (SSSR count). The van der Waals surface area contributed by atoms with E-state index in [9.17, 15) is 4.79 Å². The number of hydrogen-bond acceptors (Lipinski definition) is 3. The van der Waals surface area contributed by atoms with Gasteiger partial charge in [-0.2, -0.15) is 0 Å². The number of hydrogen-bond donors (Lipinski definition) is 1. The number of nitrogens with two attached hydrogens (primary N) is 1. The van der Waals surface area contributed by atoms with Crippen molar-refractivity contribution in [1.82, 2.24) is 4.90 Å². The number of ether oxygens (including phenoxy) is 1. The minimum Gasteiger partial charge on any atom is -0.494 e. The Kier molecular flexibility index (Phi) is 7.42. The second kappa shape index (κ2) is 9.06. The zero-order chi connectivity index (χ0) is 15.9. The van der Waals surface area contributed by atoms with Crippen LogP contribution in [-0.2, 0) is 17.8 Å². The van der Waals surface area contributed by atoms with Gasteiger partial charge in [0.25, 0.3) is 0 Å². The van der Waals surface area contributed by atoms with Gasteiger partial charge in [-0.15, -0.1) is 12.4 Å². The Hall–Kier alpha value is -2.20. The molecular weight excluding hydrogens is 312 g/mol. The summed E-state index contributed by atoms with van der Waals surface area (Å²) in [6, 6.07) is 15.2. The van der Waals surface area contributed by atoms with Gasteiger partial charge in [0.15, 0.2) is 0 Å². The lowest BCUT2D eigenvalue weighted by atomic mass is 10.1. The molecule has 0 aromatic heterocycles. The summed E-state index contributed by atoms with van der Waals surface area (Å²) in [5.41, 5.74) is 8.41. The molecule has 0 spiro atoms.